The summed E-state index contributed by atoms with van der Waals surface area (Å²) in [7, 11) is 1.63. The van der Waals surface area contributed by atoms with Crippen LogP contribution in [-0.2, 0) is 6.54 Å². The van der Waals surface area contributed by atoms with E-state index in [-0.39, 0.29) is 18.7 Å². The van der Waals surface area contributed by atoms with Crippen molar-refractivity contribution in [3.63, 3.8) is 0 Å². The number of urea groups is 1. The number of carbonyl (C=O) groups excluding carboxylic acids is 1. The monoisotopic (exact) mass is 257 g/mol. The van der Waals surface area contributed by atoms with Gasteiger partial charge in [-0.15, -0.1) is 0 Å². The van der Waals surface area contributed by atoms with Gasteiger partial charge in [0, 0.05) is 13.2 Å². The fraction of sp³-hybridized carbons (Fsp3) is 0.455. The van der Waals surface area contributed by atoms with E-state index in [1.54, 1.807) is 26.1 Å². The third-order valence-corrected chi connectivity index (χ3v) is 2.68. The van der Waals surface area contributed by atoms with Crippen molar-refractivity contribution < 1.29 is 9.90 Å². The number of nitrogens with zero attached hydrogens (tertiary/aromatic N) is 2. The number of likely N-dealkylation sites (N-methyl/N-ethyl adjacent to an activating group) is 1. The molecule has 0 aliphatic heterocycles. The first-order chi connectivity index (χ1) is 8.04. The number of pyridine rings is 1. The summed E-state index contributed by atoms with van der Waals surface area (Å²) in [6.07, 6.45) is 1.53. The fourth-order valence-corrected chi connectivity index (χ4v) is 1.24. The molecule has 1 heterocycles. The Morgan fingerprint density at radius 2 is 2.35 bits per heavy atom. The SMILES string of the molecule is CC(CO)N(C)C(=O)NCc1ccc(Cl)cn1. The first-order valence-corrected chi connectivity index (χ1v) is 5.64. The molecule has 0 aliphatic carbocycles. The molecule has 1 aromatic rings. The molecule has 5 nitrogen and oxygen atoms in total. The van der Waals surface area contributed by atoms with Crippen LogP contribution in [0, 0.1) is 0 Å². The van der Waals surface area contributed by atoms with E-state index >= 15 is 0 Å². The number of nitrogens with one attached hydrogen (secondary N) is 1. The Morgan fingerprint density at radius 1 is 1.65 bits per heavy atom. The fourth-order valence-electron chi connectivity index (χ4n) is 1.12. The quantitative estimate of drug-likeness (QED) is 0.853. The van der Waals surface area contributed by atoms with Crippen LogP contribution in [0.1, 0.15) is 12.6 Å². The topological polar surface area (TPSA) is 65.5 Å². The summed E-state index contributed by atoms with van der Waals surface area (Å²) in [5, 5.41) is 12.2. The highest BCUT2D eigenvalue weighted by atomic mass is 35.5. The second-order valence-corrected chi connectivity index (χ2v) is 4.21. The van der Waals surface area contributed by atoms with Crippen molar-refractivity contribution in [3.05, 3.63) is 29.0 Å². The second kappa shape index (κ2) is 6.42. The summed E-state index contributed by atoms with van der Waals surface area (Å²) < 4.78 is 0. The number of carbonyl (C=O) groups is 1. The number of aliphatic hydroxyl groups is 1. The minimum absolute atomic E-state index is 0.0664. The van der Waals surface area contributed by atoms with Crippen molar-refractivity contribution >= 4 is 17.6 Å². The van der Waals surface area contributed by atoms with Crippen molar-refractivity contribution in [2.24, 2.45) is 0 Å². The lowest BCUT2D eigenvalue weighted by molar-refractivity contribution is 0.157. The predicted molar refractivity (Wildman–Crippen MR) is 65.8 cm³/mol. The minimum atomic E-state index is -0.247. The molecule has 0 aromatic carbocycles. The number of hydrogen-bond donors (Lipinski definition) is 2. The highest BCUT2D eigenvalue weighted by Crippen LogP contribution is 2.06. The molecular formula is C11H16ClN3O2. The van der Waals surface area contributed by atoms with Crippen molar-refractivity contribution in [2.45, 2.75) is 19.5 Å². The van der Waals surface area contributed by atoms with E-state index in [0.717, 1.165) is 5.69 Å². The van der Waals surface area contributed by atoms with Crippen LogP contribution in [0.25, 0.3) is 0 Å². The average Bonchev–Trinajstić information content (AvgIpc) is 2.35. The molecule has 0 saturated heterocycles. The standard InChI is InChI=1S/C11H16ClN3O2/c1-8(7-16)15(2)11(17)14-6-10-4-3-9(12)5-13-10/h3-5,8,16H,6-7H2,1-2H3,(H,14,17). The molecule has 94 valence electrons. The minimum Gasteiger partial charge on any atom is -0.394 e. The molecule has 17 heavy (non-hydrogen) atoms. The lowest BCUT2D eigenvalue weighted by Gasteiger charge is -2.23. The van der Waals surface area contributed by atoms with Crippen LogP contribution in [-0.4, -0.2) is 40.7 Å². The molecule has 2 amide bonds. The maximum atomic E-state index is 11.6. The zero-order valence-electron chi connectivity index (χ0n) is 9.85. The van der Waals surface area contributed by atoms with Gasteiger partial charge in [-0.1, -0.05) is 11.6 Å². The summed E-state index contributed by atoms with van der Waals surface area (Å²) in [5.41, 5.74) is 0.729. The summed E-state index contributed by atoms with van der Waals surface area (Å²) in [5.74, 6) is 0. The van der Waals surface area contributed by atoms with E-state index in [2.05, 4.69) is 10.3 Å². The highest BCUT2D eigenvalue weighted by Gasteiger charge is 2.14. The summed E-state index contributed by atoms with van der Waals surface area (Å²) in [6.45, 7) is 2.03. The number of aromatic nitrogens is 1. The largest absolute Gasteiger partial charge is 0.394 e. The van der Waals surface area contributed by atoms with Gasteiger partial charge < -0.3 is 15.3 Å². The number of amides is 2. The van der Waals surface area contributed by atoms with Gasteiger partial charge in [-0.25, -0.2) is 4.79 Å². The van der Waals surface area contributed by atoms with E-state index < -0.39 is 0 Å². The highest BCUT2D eigenvalue weighted by molar-refractivity contribution is 6.30. The van der Waals surface area contributed by atoms with Gasteiger partial charge >= 0.3 is 6.03 Å². The van der Waals surface area contributed by atoms with E-state index in [4.69, 9.17) is 16.7 Å². The van der Waals surface area contributed by atoms with Crippen LogP contribution in [0.3, 0.4) is 0 Å². The molecule has 1 atom stereocenters. The van der Waals surface area contributed by atoms with Gasteiger partial charge in [0.15, 0.2) is 0 Å². The molecule has 0 fully saturated rings. The summed E-state index contributed by atoms with van der Waals surface area (Å²) in [4.78, 5) is 17.1. The molecule has 0 saturated carbocycles. The Kier molecular flexibility index (Phi) is 5.18. The van der Waals surface area contributed by atoms with Crippen LogP contribution >= 0.6 is 11.6 Å². The van der Waals surface area contributed by atoms with Gasteiger partial charge in [-0.3, -0.25) is 4.98 Å². The van der Waals surface area contributed by atoms with Crippen molar-refractivity contribution in [1.82, 2.24) is 15.2 Å². The average molecular weight is 258 g/mol. The molecule has 0 bridgehead atoms. The second-order valence-electron chi connectivity index (χ2n) is 3.77. The van der Waals surface area contributed by atoms with E-state index in [1.807, 2.05) is 0 Å². The van der Waals surface area contributed by atoms with Crippen molar-refractivity contribution in [1.29, 1.82) is 0 Å². The number of aliphatic hydroxyl groups excluding tert-OH is 1. The third-order valence-electron chi connectivity index (χ3n) is 2.46. The van der Waals surface area contributed by atoms with Gasteiger partial charge in [0.25, 0.3) is 0 Å². The van der Waals surface area contributed by atoms with E-state index in [0.29, 0.717) is 11.6 Å². The molecule has 0 aliphatic rings. The van der Waals surface area contributed by atoms with Gasteiger partial charge in [-0.05, 0) is 19.1 Å². The van der Waals surface area contributed by atoms with E-state index in [1.165, 1.54) is 11.1 Å². The molecule has 0 spiro atoms. The zero-order chi connectivity index (χ0) is 12.8. The Morgan fingerprint density at radius 3 is 2.88 bits per heavy atom. The Bertz CT molecular complexity index is 369. The van der Waals surface area contributed by atoms with E-state index in [9.17, 15) is 4.79 Å². The van der Waals surface area contributed by atoms with Crippen LogP contribution in [0.4, 0.5) is 4.79 Å². The molecule has 0 radical (unpaired) electrons. The number of hydrogen-bond acceptors (Lipinski definition) is 3. The summed E-state index contributed by atoms with van der Waals surface area (Å²) in [6, 6.07) is 3.00. The smallest absolute Gasteiger partial charge is 0.317 e. The molecule has 1 rings (SSSR count). The Labute approximate surface area is 105 Å². The lowest BCUT2D eigenvalue weighted by atomic mass is 10.3. The normalized spacial score (nSPS) is 12.0. The van der Waals surface area contributed by atoms with Gasteiger partial charge in [0.2, 0.25) is 0 Å². The van der Waals surface area contributed by atoms with Crippen LogP contribution < -0.4 is 5.32 Å². The zero-order valence-corrected chi connectivity index (χ0v) is 10.6. The molecular weight excluding hydrogens is 242 g/mol. The first kappa shape index (κ1) is 13.7. The maximum Gasteiger partial charge on any atom is 0.317 e. The molecule has 1 aromatic heterocycles. The predicted octanol–water partition coefficient (Wildman–Crippen LogP) is 1.26. The first-order valence-electron chi connectivity index (χ1n) is 5.26. The number of halogens is 1. The van der Waals surface area contributed by atoms with Crippen molar-refractivity contribution in [3.8, 4) is 0 Å². The molecule has 2 N–H and O–H groups in total. The van der Waals surface area contributed by atoms with Gasteiger partial charge in [0.1, 0.15) is 0 Å². The Hall–Kier alpha value is -1.33. The van der Waals surface area contributed by atoms with Crippen molar-refractivity contribution in [2.75, 3.05) is 13.7 Å². The molecule has 6 heteroatoms. The van der Waals surface area contributed by atoms with Gasteiger partial charge in [0.05, 0.1) is 29.9 Å². The van der Waals surface area contributed by atoms with Crippen LogP contribution in [0.5, 0.6) is 0 Å². The third kappa shape index (κ3) is 4.20. The van der Waals surface area contributed by atoms with Crippen LogP contribution in [0.2, 0.25) is 5.02 Å². The molecule has 1 unspecified atom stereocenters. The lowest BCUT2D eigenvalue weighted by Crippen LogP contribution is -2.43. The number of rotatable bonds is 4. The maximum absolute atomic E-state index is 11.6. The Balaban J connectivity index is 2.45. The van der Waals surface area contributed by atoms with Gasteiger partial charge in [-0.2, -0.15) is 0 Å². The van der Waals surface area contributed by atoms with Crippen LogP contribution in [0.15, 0.2) is 18.3 Å². The summed E-state index contributed by atoms with van der Waals surface area (Å²) >= 11 is 5.70.